The smallest absolute Gasteiger partial charge is 0.0960 e. The standard InChI is InChI=1S/C30H38N6O2/c1-19(31)29(35(4)32)21-16-27-28(34-18-21)23-9-8-22(30(2,3)37)17-25(23)36(27)26(24-7-5-6-12-33-24)15-20-10-13-38-14-11-20/h5-9,12,16-18,20,26,37H,10-11,13-15,31-32H2,1-4H3/b29-19-. The summed E-state index contributed by atoms with van der Waals surface area (Å²) in [6.45, 7) is 7.04. The first kappa shape index (κ1) is 26.2. The highest BCUT2D eigenvalue weighted by molar-refractivity contribution is 6.06. The Morgan fingerprint density at radius 3 is 2.55 bits per heavy atom. The number of aromatic nitrogens is 3. The molecule has 0 aliphatic carbocycles. The molecule has 5 N–H and O–H groups in total. The molecule has 0 saturated carbocycles. The Morgan fingerprint density at radius 2 is 1.92 bits per heavy atom. The molecule has 8 heteroatoms. The second kappa shape index (κ2) is 10.4. The molecule has 1 atom stereocenters. The molecule has 8 nitrogen and oxygen atoms in total. The lowest BCUT2D eigenvalue weighted by Gasteiger charge is -2.29. The van der Waals surface area contributed by atoms with Gasteiger partial charge >= 0.3 is 0 Å². The van der Waals surface area contributed by atoms with Crippen LogP contribution in [0.1, 0.15) is 62.9 Å². The van der Waals surface area contributed by atoms with Crippen molar-refractivity contribution in [1.29, 1.82) is 0 Å². The molecule has 0 radical (unpaired) electrons. The molecule has 200 valence electrons. The van der Waals surface area contributed by atoms with E-state index < -0.39 is 5.60 Å². The summed E-state index contributed by atoms with van der Waals surface area (Å²) >= 11 is 0. The lowest BCUT2D eigenvalue weighted by atomic mass is 9.90. The van der Waals surface area contributed by atoms with Crippen molar-refractivity contribution in [3.8, 4) is 0 Å². The third kappa shape index (κ3) is 4.99. The second-order valence-corrected chi connectivity index (χ2v) is 11.0. The first-order valence-electron chi connectivity index (χ1n) is 13.3. The molecule has 1 aliphatic heterocycles. The van der Waals surface area contributed by atoms with Crippen LogP contribution in [-0.4, -0.2) is 44.9 Å². The van der Waals surface area contributed by atoms with Crippen LogP contribution in [0.15, 0.2) is 60.6 Å². The lowest BCUT2D eigenvalue weighted by Crippen LogP contribution is -2.26. The van der Waals surface area contributed by atoms with Gasteiger partial charge < -0.3 is 25.2 Å². The van der Waals surface area contributed by atoms with E-state index in [2.05, 4.69) is 28.8 Å². The van der Waals surface area contributed by atoms with Gasteiger partial charge in [0.15, 0.2) is 0 Å². The number of hydrazine groups is 1. The molecule has 5 rings (SSSR count). The van der Waals surface area contributed by atoms with E-state index in [-0.39, 0.29) is 6.04 Å². The highest BCUT2D eigenvalue weighted by atomic mass is 16.5. The number of ether oxygens (including phenoxy) is 1. The number of fused-ring (bicyclic) bond motifs is 3. The van der Waals surface area contributed by atoms with Crippen molar-refractivity contribution in [1.82, 2.24) is 19.5 Å². The highest BCUT2D eigenvalue weighted by Crippen LogP contribution is 2.39. The number of nitrogens with two attached hydrogens (primary N) is 2. The second-order valence-electron chi connectivity index (χ2n) is 11.0. The summed E-state index contributed by atoms with van der Waals surface area (Å²) in [7, 11) is 1.78. The predicted octanol–water partition coefficient (Wildman–Crippen LogP) is 4.67. The van der Waals surface area contributed by atoms with Gasteiger partial charge in [-0.15, -0.1) is 0 Å². The molecule has 38 heavy (non-hydrogen) atoms. The summed E-state index contributed by atoms with van der Waals surface area (Å²) in [4.78, 5) is 9.75. The van der Waals surface area contributed by atoms with Gasteiger partial charge in [-0.1, -0.05) is 18.2 Å². The molecule has 3 aromatic heterocycles. The van der Waals surface area contributed by atoms with E-state index in [0.717, 1.165) is 76.9 Å². The van der Waals surface area contributed by atoms with Gasteiger partial charge in [0.2, 0.25) is 0 Å². The van der Waals surface area contributed by atoms with Crippen molar-refractivity contribution < 1.29 is 9.84 Å². The molecule has 1 saturated heterocycles. The summed E-state index contributed by atoms with van der Waals surface area (Å²) in [6, 6.07) is 14.3. The minimum absolute atomic E-state index is 0.0320. The number of benzene rings is 1. The number of hydrogen-bond donors (Lipinski definition) is 3. The molecule has 0 amide bonds. The average molecular weight is 515 g/mol. The Labute approximate surface area is 223 Å². The Kier molecular flexibility index (Phi) is 7.13. The summed E-state index contributed by atoms with van der Waals surface area (Å²) < 4.78 is 8.02. The van der Waals surface area contributed by atoms with Crippen LogP contribution in [0, 0.1) is 5.92 Å². The summed E-state index contributed by atoms with van der Waals surface area (Å²) in [5.41, 5.74) is 12.2. The zero-order valence-electron chi connectivity index (χ0n) is 22.7. The van der Waals surface area contributed by atoms with Gasteiger partial charge in [-0.3, -0.25) is 9.97 Å². The van der Waals surface area contributed by atoms with Crippen LogP contribution in [0.25, 0.3) is 27.6 Å². The van der Waals surface area contributed by atoms with Gasteiger partial charge in [0.25, 0.3) is 0 Å². The van der Waals surface area contributed by atoms with E-state index in [9.17, 15) is 5.11 Å². The fraction of sp³-hybridized carbons (Fsp3) is 0.400. The maximum absolute atomic E-state index is 10.9. The number of nitrogens with zero attached hydrogens (tertiary/aromatic N) is 4. The van der Waals surface area contributed by atoms with Gasteiger partial charge in [0, 0.05) is 49.3 Å². The molecular formula is C30H38N6O2. The summed E-state index contributed by atoms with van der Waals surface area (Å²) in [6.07, 6.45) is 6.66. The zero-order chi connectivity index (χ0) is 27.0. The van der Waals surface area contributed by atoms with E-state index in [1.54, 1.807) is 7.05 Å². The maximum Gasteiger partial charge on any atom is 0.0960 e. The first-order valence-corrected chi connectivity index (χ1v) is 13.3. The topological polar surface area (TPSA) is 115 Å². The first-order chi connectivity index (χ1) is 18.1. The Bertz CT molecular complexity index is 1460. The monoisotopic (exact) mass is 514 g/mol. The van der Waals surface area contributed by atoms with Crippen LogP contribution in [0.4, 0.5) is 0 Å². The number of rotatable bonds is 7. The lowest BCUT2D eigenvalue weighted by molar-refractivity contribution is 0.0608. The van der Waals surface area contributed by atoms with Crippen molar-refractivity contribution in [2.45, 2.75) is 51.7 Å². The summed E-state index contributed by atoms with van der Waals surface area (Å²) in [5, 5.41) is 13.4. The van der Waals surface area contributed by atoms with E-state index in [1.807, 2.05) is 51.4 Å². The Hall–Kier alpha value is -3.46. The number of hydrogen-bond acceptors (Lipinski definition) is 7. The molecule has 0 bridgehead atoms. The fourth-order valence-corrected chi connectivity index (χ4v) is 5.69. The van der Waals surface area contributed by atoms with Crippen LogP contribution in [-0.2, 0) is 10.3 Å². The van der Waals surface area contributed by atoms with Crippen molar-refractivity contribution >= 4 is 27.6 Å². The van der Waals surface area contributed by atoms with E-state index >= 15 is 0 Å². The largest absolute Gasteiger partial charge is 0.401 e. The molecule has 1 fully saturated rings. The minimum atomic E-state index is -0.982. The molecule has 1 aromatic carbocycles. The van der Waals surface area contributed by atoms with Crippen LogP contribution in [0.5, 0.6) is 0 Å². The van der Waals surface area contributed by atoms with Crippen LogP contribution >= 0.6 is 0 Å². The molecular weight excluding hydrogens is 476 g/mol. The van der Waals surface area contributed by atoms with Crippen LogP contribution < -0.4 is 11.6 Å². The molecule has 0 spiro atoms. The zero-order valence-corrected chi connectivity index (χ0v) is 22.7. The Morgan fingerprint density at radius 1 is 1.16 bits per heavy atom. The van der Waals surface area contributed by atoms with Crippen molar-refractivity contribution in [2.75, 3.05) is 20.3 Å². The third-order valence-corrected chi connectivity index (χ3v) is 7.58. The molecule has 4 heterocycles. The number of allylic oxidation sites excluding steroid dienone is 1. The third-order valence-electron chi connectivity index (χ3n) is 7.58. The van der Waals surface area contributed by atoms with Crippen molar-refractivity contribution in [3.63, 3.8) is 0 Å². The molecule has 1 unspecified atom stereocenters. The Balaban J connectivity index is 1.82. The normalized spacial score (nSPS) is 16.6. The van der Waals surface area contributed by atoms with Crippen LogP contribution in [0.2, 0.25) is 0 Å². The van der Waals surface area contributed by atoms with Gasteiger partial charge in [-0.2, -0.15) is 0 Å². The maximum atomic E-state index is 10.9. The highest BCUT2D eigenvalue weighted by Gasteiger charge is 2.28. The number of aliphatic hydroxyl groups is 1. The van der Waals surface area contributed by atoms with E-state index in [0.29, 0.717) is 11.6 Å². The predicted molar refractivity (Wildman–Crippen MR) is 152 cm³/mol. The average Bonchev–Trinajstić information content (AvgIpc) is 3.20. The van der Waals surface area contributed by atoms with Crippen LogP contribution in [0.3, 0.4) is 0 Å². The van der Waals surface area contributed by atoms with Gasteiger partial charge in [0.1, 0.15) is 0 Å². The SMILES string of the molecule is C/C(N)=C(\c1cnc2c3ccc(C(C)(C)O)cc3n(C(CC3CCOCC3)c3ccccn3)c2c1)N(C)N. The van der Waals surface area contributed by atoms with Crippen molar-refractivity contribution in [3.05, 3.63) is 77.4 Å². The van der Waals surface area contributed by atoms with E-state index in [4.69, 9.17) is 26.3 Å². The van der Waals surface area contributed by atoms with Gasteiger partial charge in [-0.25, -0.2) is 5.84 Å². The fourth-order valence-electron chi connectivity index (χ4n) is 5.69. The van der Waals surface area contributed by atoms with Crippen molar-refractivity contribution in [2.24, 2.45) is 17.5 Å². The summed E-state index contributed by atoms with van der Waals surface area (Å²) in [5.74, 6) is 6.69. The van der Waals surface area contributed by atoms with Gasteiger partial charge in [-0.05, 0) is 75.8 Å². The van der Waals surface area contributed by atoms with E-state index in [1.165, 1.54) is 5.01 Å². The minimum Gasteiger partial charge on any atom is -0.401 e. The quantitative estimate of drug-likeness (QED) is 0.242. The van der Waals surface area contributed by atoms with Gasteiger partial charge in [0.05, 0.1) is 39.6 Å². The molecule has 4 aromatic rings. The molecule has 1 aliphatic rings. The number of pyridine rings is 2.